The van der Waals surface area contributed by atoms with E-state index in [1.165, 1.54) is 6.20 Å². The molecule has 0 saturated carbocycles. The molecule has 1 aromatic heterocycles. The number of aromatic nitrogens is 1. The number of likely N-dealkylation sites (N-methyl/N-ethyl adjacent to an activating group) is 1. The lowest BCUT2D eigenvalue weighted by Crippen LogP contribution is -2.27. The van der Waals surface area contributed by atoms with Crippen LogP contribution in [0.5, 0.6) is 0 Å². The Morgan fingerprint density at radius 3 is 2.94 bits per heavy atom. The first-order valence-electron chi connectivity index (χ1n) is 5.69. The topological polar surface area (TPSA) is 43.4 Å². The third-order valence-electron chi connectivity index (χ3n) is 2.35. The van der Waals surface area contributed by atoms with Crippen LogP contribution in [0.2, 0.25) is 0 Å². The van der Waals surface area contributed by atoms with Gasteiger partial charge in [0, 0.05) is 18.9 Å². The molecule has 0 fully saturated rings. The Morgan fingerprint density at radius 1 is 1.47 bits per heavy atom. The summed E-state index contributed by atoms with van der Waals surface area (Å²) < 4.78 is 23.9. The minimum Gasteiger partial charge on any atom is -0.382 e. The second-order valence-corrected chi connectivity index (χ2v) is 3.58. The molecule has 0 saturated heterocycles. The van der Waals surface area contributed by atoms with E-state index in [-0.39, 0.29) is 11.9 Å². The van der Waals surface area contributed by atoms with Gasteiger partial charge in [-0.25, -0.2) is 4.39 Å². The summed E-state index contributed by atoms with van der Waals surface area (Å²) in [5.41, 5.74) is 0.583. The number of ether oxygens (including phenoxy) is 2. The fourth-order valence-electron chi connectivity index (χ4n) is 1.52. The molecule has 1 atom stereocenters. The highest BCUT2D eigenvalue weighted by molar-refractivity contribution is 5.17. The van der Waals surface area contributed by atoms with Gasteiger partial charge in [0.05, 0.1) is 32.1 Å². The van der Waals surface area contributed by atoms with Crippen LogP contribution >= 0.6 is 0 Å². The van der Waals surface area contributed by atoms with E-state index in [9.17, 15) is 4.39 Å². The van der Waals surface area contributed by atoms with Crippen molar-refractivity contribution in [1.82, 2.24) is 10.3 Å². The molecule has 1 aromatic rings. The number of hydrogen-bond acceptors (Lipinski definition) is 4. The molecule has 1 N–H and O–H groups in total. The Hall–Kier alpha value is -1.04. The van der Waals surface area contributed by atoms with Crippen molar-refractivity contribution in [3.63, 3.8) is 0 Å². The van der Waals surface area contributed by atoms with Gasteiger partial charge in [0.15, 0.2) is 0 Å². The Morgan fingerprint density at radius 2 is 2.29 bits per heavy atom. The molecule has 0 aromatic carbocycles. The molecule has 0 aliphatic heterocycles. The minimum absolute atomic E-state index is 0.153. The van der Waals surface area contributed by atoms with Crippen molar-refractivity contribution in [3.8, 4) is 0 Å². The van der Waals surface area contributed by atoms with Crippen molar-refractivity contribution >= 4 is 0 Å². The summed E-state index contributed by atoms with van der Waals surface area (Å²) in [5, 5.41) is 3.18. The number of methoxy groups -OCH3 is 1. The lowest BCUT2D eigenvalue weighted by atomic mass is 10.1. The van der Waals surface area contributed by atoms with Crippen LogP contribution in [0.25, 0.3) is 0 Å². The van der Waals surface area contributed by atoms with Gasteiger partial charge in [-0.3, -0.25) is 4.98 Å². The molecule has 96 valence electrons. The molecule has 0 amide bonds. The van der Waals surface area contributed by atoms with Crippen LogP contribution in [0.3, 0.4) is 0 Å². The molecule has 1 heterocycles. The maximum Gasteiger partial charge on any atom is 0.146 e. The molecule has 5 heteroatoms. The lowest BCUT2D eigenvalue weighted by molar-refractivity contribution is 0.0583. The van der Waals surface area contributed by atoms with Crippen LogP contribution in [0.15, 0.2) is 18.5 Å². The molecular formula is C12H19FN2O2. The number of rotatable bonds is 8. The maximum atomic E-state index is 13.6. The van der Waals surface area contributed by atoms with Crippen molar-refractivity contribution in [2.24, 2.45) is 0 Å². The molecular weight excluding hydrogens is 223 g/mol. The van der Waals surface area contributed by atoms with Gasteiger partial charge < -0.3 is 14.8 Å². The number of hydrogen-bond donors (Lipinski definition) is 1. The Labute approximate surface area is 101 Å². The molecule has 0 aliphatic rings. The predicted octanol–water partition coefficient (Wildman–Crippen LogP) is 1.53. The fraction of sp³-hybridized carbons (Fsp3) is 0.583. The van der Waals surface area contributed by atoms with Crippen LogP contribution < -0.4 is 5.32 Å². The van der Waals surface area contributed by atoms with Crippen molar-refractivity contribution in [3.05, 3.63) is 29.8 Å². The van der Waals surface area contributed by atoms with Crippen molar-refractivity contribution in [2.45, 2.75) is 13.0 Å². The highest BCUT2D eigenvalue weighted by Crippen LogP contribution is 2.16. The van der Waals surface area contributed by atoms with Crippen LogP contribution in [-0.4, -0.2) is 38.5 Å². The summed E-state index contributed by atoms with van der Waals surface area (Å²) in [6, 6.07) is 1.52. The maximum absolute atomic E-state index is 13.6. The molecule has 1 rings (SSSR count). The van der Waals surface area contributed by atoms with Gasteiger partial charge in [0.2, 0.25) is 0 Å². The number of nitrogens with zero attached hydrogens (tertiary/aromatic N) is 1. The van der Waals surface area contributed by atoms with E-state index in [4.69, 9.17) is 9.47 Å². The summed E-state index contributed by atoms with van der Waals surface area (Å²) in [4.78, 5) is 3.73. The first kappa shape index (κ1) is 14.0. The standard InChI is InChI=1S/C12H19FN2O2/c1-3-15-12(9-17-7-6-16-2)10-4-5-14-8-11(10)13/h4-5,8,12,15H,3,6-7,9H2,1-2H3. The van der Waals surface area contributed by atoms with Crippen molar-refractivity contribution in [1.29, 1.82) is 0 Å². The monoisotopic (exact) mass is 242 g/mol. The molecule has 0 aliphatic carbocycles. The van der Waals surface area contributed by atoms with Gasteiger partial charge in [-0.15, -0.1) is 0 Å². The van der Waals surface area contributed by atoms with E-state index in [0.717, 1.165) is 6.54 Å². The van der Waals surface area contributed by atoms with Gasteiger partial charge in [-0.2, -0.15) is 0 Å². The lowest BCUT2D eigenvalue weighted by Gasteiger charge is -2.18. The van der Waals surface area contributed by atoms with Gasteiger partial charge >= 0.3 is 0 Å². The van der Waals surface area contributed by atoms with Gasteiger partial charge in [-0.05, 0) is 12.6 Å². The van der Waals surface area contributed by atoms with Gasteiger partial charge in [0.1, 0.15) is 5.82 Å². The molecule has 17 heavy (non-hydrogen) atoms. The van der Waals surface area contributed by atoms with E-state index < -0.39 is 0 Å². The number of pyridine rings is 1. The summed E-state index contributed by atoms with van der Waals surface area (Å²) in [6.07, 6.45) is 2.80. The molecule has 0 spiro atoms. The number of halogens is 1. The van der Waals surface area contributed by atoms with E-state index in [2.05, 4.69) is 10.3 Å². The Balaban J connectivity index is 2.56. The predicted molar refractivity (Wildman–Crippen MR) is 63.3 cm³/mol. The van der Waals surface area contributed by atoms with E-state index in [1.54, 1.807) is 19.4 Å². The van der Waals surface area contributed by atoms with Crippen LogP contribution in [-0.2, 0) is 9.47 Å². The summed E-state index contributed by atoms with van der Waals surface area (Å²) in [6.45, 7) is 4.18. The third-order valence-corrected chi connectivity index (χ3v) is 2.35. The zero-order chi connectivity index (χ0) is 12.5. The first-order valence-corrected chi connectivity index (χ1v) is 5.69. The SMILES string of the molecule is CCNC(COCCOC)c1ccncc1F. The van der Waals surface area contributed by atoms with Gasteiger partial charge in [-0.1, -0.05) is 6.92 Å². The summed E-state index contributed by atoms with van der Waals surface area (Å²) in [5.74, 6) is -0.311. The highest BCUT2D eigenvalue weighted by atomic mass is 19.1. The van der Waals surface area contributed by atoms with Crippen LogP contribution in [0, 0.1) is 5.82 Å². The summed E-state index contributed by atoms with van der Waals surface area (Å²) >= 11 is 0. The average Bonchev–Trinajstić information content (AvgIpc) is 2.34. The van der Waals surface area contributed by atoms with E-state index in [0.29, 0.717) is 25.4 Å². The second-order valence-electron chi connectivity index (χ2n) is 3.58. The Bertz CT molecular complexity index is 323. The van der Waals surface area contributed by atoms with Crippen LogP contribution in [0.4, 0.5) is 4.39 Å². The smallest absolute Gasteiger partial charge is 0.146 e. The zero-order valence-corrected chi connectivity index (χ0v) is 10.3. The number of nitrogens with one attached hydrogen (secondary N) is 1. The van der Waals surface area contributed by atoms with Crippen molar-refractivity contribution < 1.29 is 13.9 Å². The molecule has 0 bridgehead atoms. The van der Waals surface area contributed by atoms with Crippen LogP contribution in [0.1, 0.15) is 18.5 Å². The normalized spacial score (nSPS) is 12.6. The van der Waals surface area contributed by atoms with E-state index in [1.807, 2.05) is 6.92 Å². The van der Waals surface area contributed by atoms with Crippen molar-refractivity contribution in [2.75, 3.05) is 33.5 Å². The third kappa shape index (κ3) is 4.77. The molecule has 4 nitrogen and oxygen atoms in total. The fourth-order valence-corrected chi connectivity index (χ4v) is 1.52. The first-order chi connectivity index (χ1) is 8.29. The minimum atomic E-state index is -0.311. The Kier molecular flexibility index (Phi) is 6.69. The quantitative estimate of drug-likeness (QED) is 0.702. The highest BCUT2D eigenvalue weighted by Gasteiger charge is 2.14. The molecule has 1 unspecified atom stereocenters. The van der Waals surface area contributed by atoms with E-state index >= 15 is 0 Å². The average molecular weight is 242 g/mol. The molecule has 0 radical (unpaired) electrons. The second kappa shape index (κ2) is 8.11. The largest absolute Gasteiger partial charge is 0.382 e. The van der Waals surface area contributed by atoms with Gasteiger partial charge in [0.25, 0.3) is 0 Å². The summed E-state index contributed by atoms with van der Waals surface area (Å²) in [7, 11) is 1.62. The zero-order valence-electron chi connectivity index (χ0n) is 10.3.